The fourth-order valence-electron chi connectivity index (χ4n) is 2.90. The van der Waals surface area contributed by atoms with E-state index in [1.54, 1.807) is 5.57 Å². The molecule has 0 bridgehead atoms. The molecule has 0 aromatic rings. The molecule has 2 aliphatic rings. The summed E-state index contributed by atoms with van der Waals surface area (Å²) in [4.78, 5) is 0. The molecule has 0 radical (unpaired) electrons. The predicted molar refractivity (Wildman–Crippen MR) is 101 cm³/mol. The summed E-state index contributed by atoms with van der Waals surface area (Å²) in [7, 11) is 9.87. The molecule has 0 spiro atoms. The second kappa shape index (κ2) is 11.1. The molecular weight excluding hydrogens is 402 g/mol. The summed E-state index contributed by atoms with van der Waals surface area (Å²) in [6, 6.07) is 0. The molecule has 0 saturated carbocycles. The van der Waals surface area contributed by atoms with Crippen LogP contribution in [0.5, 0.6) is 0 Å². The van der Waals surface area contributed by atoms with Crippen LogP contribution in [-0.4, -0.2) is 0 Å². The van der Waals surface area contributed by atoms with Crippen molar-refractivity contribution in [3.8, 4) is 0 Å². The molecular formula is C20H30Cl2Zr. The summed E-state index contributed by atoms with van der Waals surface area (Å²) in [6.07, 6.45) is 10.4. The summed E-state index contributed by atoms with van der Waals surface area (Å²) in [5.41, 5.74) is 8.86. The van der Waals surface area contributed by atoms with Crippen molar-refractivity contribution in [3.63, 3.8) is 0 Å². The quantitative estimate of drug-likeness (QED) is 0.391. The minimum atomic E-state index is -0.826. The van der Waals surface area contributed by atoms with Gasteiger partial charge in [-0.05, 0) is 0 Å². The van der Waals surface area contributed by atoms with E-state index in [1.165, 1.54) is 40.7 Å². The van der Waals surface area contributed by atoms with E-state index in [9.17, 15) is 0 Å². The monoisotopic (exact) mass is 430 g/mol. The van der Waals surface area contributed by atoms with Crippen LogP contribution in [0.1, 0.15) is 74.7 Å². The Hall–Kier alpha value is 0.423. The Morgan fingerprint density at radius 2 is 1.57 bits per heavy atom. The van der Waals surface area contributed by atoms with Gasteiger partial charge in [0, 0.05) is 0 Å². The van der Waals surface area contributed by atoms with E-state index in [-0.39, 0.29) is 5.41 Å². The molecule has 0 atom stereocenters. The Kier molecular flexibility index (Phi) is 11.3. The van der Waals surface area contributed by atoms with Gasteiger partial charge in [-0.15, -0.1) is 13.3 Å². The van der Waals surface area contributed by atoms with E-state index in [2.05, 4.69) is 67.5 Å². The topological polar surface area (TPSA) is 0 Å². The third-order valence-electron chi connectivity index (χ3n) is 4.61. The third kappa shape index (κ3) is 7.45. The number of halogens is 2. The van der Waals surface area contributed by atoms with Crippen molar-refractivity contribution in [2.75, 3.05) is 0 Å². The van der Waals surface area contributed by atoms with Crippen LogP contribution in [0.25, 0.3) is 0 Å². The molecule has 0 fully saturated rings. The Bertz CT molecular complexity index is 520. The second-order valence-electron chi connectivity index (χ2n) is 6.57. The van der Waals surface area contributed by atoms with Crippen molar-refractivity contribution in [1.29, 1.82) is 0 Å². The molecule has 0 aromatic heterocycles. The standard InChI is InChI=1S/2C10H15.2ClH.Zr/c1-7-6-10(4,5)9(3)8(7)2;1-4-9-6-8(3)7-10(9)5-2;;;/h1-5H3;4-6H2,1-3H3;2*1H;/q2*-1;;;+4/p-2. The molecule has 2 aliphatic carbocycles. The molecule has 23 heavy (non-hydrogen) atoms. The van der Waals surface area contributed by atoms with Crippen LogP contribution in [0.4, 0.5) is 0 Å². The van der Waals surface area contributed by atoms with Gasteiger partial charge in [-0.3, -0.25) is 6.08 Å². The van der Waals surface area contributed by atoms with Gasteiger partial charge in [-0.1, -0.05) is 66.7 Å². The first kappa shape index (κ1) is 23.4. The molecule has 2 rings (SSSR count). The molecule has 0 N–H and O–H groups in total. The zero-order chi connectivity index (χ0) is 18.2. The Morgan fingerprint density at radius 3 is 1.78 bits per heavy atom. The van der Waals surface area contributed by atoms with Gasteiger partial charge >= 0.3 is 37.9 Å². The molecule has 0 nitrogen and oxygen atoms in total. The van der Waals surface area contributed by atoms with Gasteiger partial charge in [-0.25, -0.2) is 22.8 Å². The van der Waals surface area contributed by atoms with E-state index >= 15 is 0 Å². The molecule has 0 saturated heterocycles. The van der Waals surface area contributed by atoms with Gasteiger partial charge in [-0.2, -0.15) is 16.7 Å². The number of hydrogen-bond donors (Lipinski definition) is 0. The summed E-state index contributed by atoms with van der Waals surface area (Å²) >= 11 is -0.826. The second-order valence-corrected chi connectivity index (χ2v) is 10.3. The first-order chi connectivity index (χ1) is 10.6. The van der Waals surface area contributed by atoms with Crippen molar-refractivity contribution in [2.45, 2.75) is 74.7 Å². The first-order valence-electron chi connectivity index (χ1n) is 8.21. The normalized spacial score (nSPS) is 18.5. The van der Waals surface area contributed by atoms with Gasteiger partial charge in [0.25, 0.3) is 0 Å². The SMILES string of the molecule is CC1=[C-]C(C)(C)C(C)=C1C.CCC1=C(CC)CC(C)=[C-]1.[Cl][Zr+2][Cl]. The Balaban J connectivity index is 0.000000360. The van der Waals surface area contributed by atoms with E-state index < -0.39 is 20.8 Å². The van der Waals surface area contributed by atoms with Crippen molar-refractivity contribution < 1.29 is 20.8 Å². The summed E-state index contributed by atoms with van der Waals surface area (Å²) in [5.74, 6) is 0. The van der Waals surface area contributed by atoms with Crippen LogP contribution in [-0.2, 0) is 20.8 Å². The third-order valence-corrected chi connectivity index (χ3v) is 4.61. The van der Waals surface area contributed by atoms with E-state index in [0.29, 0.717) is 0 Å². The summed E-state index contributed by atoms with van der Waals surface area (Å²) in [5, 5.41) is 0. The molecule has 0 amide bonds. The van der Waals surface area contributed by atoms with Gasteiger partial charge < -0.3 is 0 Å². The van der Waals surface area contributed by atoms with Crippen molar-refractivity contribution in [2.24, 2.45) is 5.41 Å². The fourth-order valence-corrected chi connectivity index (χ4v) is 2.90. The van der Waals surface area contributed by atoms with E-state index in [4.69, 9.17) is 17.0 Å². The molecule has 0 heterocycles. The number of allylic oxidation sites excluding steroid dienone is 8. The maximum absolute atomic E-state index is 4.93. The zero-order valence-corrected chi connectivity index (χ0v) is 19.8. The van der Waals surface area contributed by atoms with Crippen molar-refractivity contribution in [1.82, 2.24) is 0 Å². The Labute approximate surface area is 162 Å². The average molecular weight is 433 g/mol. The molecule has 0 aromatic carbocycles. The fraction of sp³-hybridized carbons (Fsp3) is 0.600. The van der Waals surface area contributed by atoms with Crippen LogP contribution in [0.3, 0.4) is 0 Å². The zero-order valence-electron chi connectivity index (χ0n) is 15.9. The summed E-state index contributed by atoms with van der Waals surface area (Å²) in [6.45, 7) is 17.5. The van der Waals surface area contributed by atoms with Crippen LogP contribution < -0.4 is 0 Å². The Morgan fingerprint density at radius 1 is 1.04 bits per heavy atom. The van der Waals surface area contributed by atoms with Crippen molar-refractivity contribution in [3.05, 3.63) is 45.6 Å². The number of rotatable bonds is 2. The van der Waals surface area contributed by atoms with Crippen LogP contribution in [0.2, 0.25) is 0 Å². The van der Waals surface area contributed by atoms with E-state index in [0.717, 1.165) is 6.42 Å². The van der Waals surface area contributed by atoms with Gasteiger partial charge in [0.15, 0.2) is 0 Å². The summed E-state index contributed by atoms with van der Waals surface area (Å²) < 4.78 is 0. The predicted octanol–water partition coefficient (Wildman–Crippen LogP) is 7.74. The van der Waals surface area contributed by atoms with Crippen molar-refractivity contribution >= 4 is 17.0 Å². The maximum atomic E-state index is 4.93. The number of hydrogen-bond acceptors (Lipinski definition) is 0. The molecule has 3 heteroatoms. The van der Waals surface area contributed by atoms with Gasteiger partial charge in [0.1, 0.15) is 0 Å². The minimum absolute atomic E-state index is 0.189. The van der Waals surface area contributed by atoms with E-state index in [1.807, 2.05) is 0 Å². The van der Waals surface area contributed by atoms with Crippen LogP contribution in [0.15, 0.2) is 33.4 Å². The molecule has 0 unspecified atom stereocenters. The van der Waals surface area contributed by atoms with Crippen LogP contribution in [0, 0.1) is 17.6 Å². The van der Waals surface area contributed by atoms with Crippen LogP contribution >= 0.6 is 17.0 Å². The first-order valence-corrected chi connectivity index (χ1v) is 14.5. The average Bonchev–Trinajstić information content (AvgIpc) is 2.93. The molecule has 0 aliphatic heterocycles. The molecule has 128 valence electrons. The van der Waals surface area contributed by atoms with Gasteiger partial charge in [0.2, 0.25) is 0 Å². The van der Waals surface area contributed by atoms with Gasteiger partial charge in [0.05, 0.1) is 0 Å².